The number of fused-ring (bicyclic) bond motifs is 1. The third kappa shape index (κ3) is 4.33. The van der Waals surface area contributed by atoms with E-state index in [1.54, 1.807) is 24.0 Å². The zero-order valence-electron chi connectivity index (χ0n) is 15.5. The topological polar surface area (TPSA) is 89.7 Å². The minimum absolute atomic E-state index is 0.00819. The number of nitro benzene ring substituents is 1. The first-order chi connectivity index (χ1) is 13.4. The number of hydrogen-bond donors (Lipinski definition) is 0. The van der Waals surface area contributed by atoms with Crippen molar-refractivity contribution in [2.45, 2.75) is 37.3 Å². The van der Waals surface area contributed by atoms with Gasteiger partial charge in [0.2, 0.25) is 0 Å². The number of nitro groups is 1. The van der Waals surface area contributed by atoms with Gasteiger partial charge in [-0.3, -0.25) is 19.7 Å². The van der Waals surface area contributed by atoms with Crippen LogP contribution in [0.2, 0.25) is 0 Å². The van der Waals surface area contributed by atoms with Crippen molar-refractivity contribution in [3.8, 4) is 0 Å². The lowest BCUT2D eigenvalue weighted by Crippen LogP contribution is -2.43. The van der Waals surface area contributed by atoms with Crippen LogP contribution in [-0.4, -0.2) is 34.7 Å². The molecule has 1 aliphatic heterocycles. The van der Waals surface area contributed by atoms with Gasteiger partial charge >= 0.3 is 5.97 Å². The Kier molecular flexibility index (Phi) is 5.99. The molecule has 1 heterocycles. The molecule has 2 aromatic carbocycles. The molecule has 8 heteroatoms. The molecule has 146 valence electrons. The molecule has 0 bridgehead atoms. The Bertz CT molecular complexity index is 900. The third-order valence-corrected chi connectivity index (χ3v) is 5.49. The van der Waals surface area contributed by atoms with Crippen LogP contribution in [0.3, 0.4) is 0 Å². The Morgan fingerprint density at radius 1 is 1.25 bits per heavy atom. The van der Waals surface area contributed by atoms with Gasteiger partial charge in [0.05, 0.1) is 10.7 Å². The molecule has 3 rings (SSSR count). The van der Waals surface area contributed by atoms with Crippen molar-refractivity contribution in [3.63, 3.8) is 0 Å². The van der Waals surface area contributed by atoms with Crippen LogP contribution in [0.5, 0.6) is 0 Å². The molecule has 2 atom stereocenters. The molecule has 1 aliphatic rings. The summed E-state index contributed by atoms with van der Waals surface area (Å²) < 4.78 is 5.31. The molecule has 0 fully saturated rings. The fraction of sp³-hybridized carbons (Fsp3) is 0.300. The van der Waals surface area contributed by atoms with Crippen LogP contribution in [0.25, 0.3) is 0 Å². The summed E-state index contributed by atoms with van der Waals surface area (Å²) >= 11 is 1.20. The van der Waals surface area contributed by atoms with Gasteiger partial charge in [0, 0.05) is 28.8 Å². The number of amides is 1. The highest BCUT2D eigenvalue weighted by atomic mass is 32.2. The van der Waals surface area contributed by atoms with E-state index in [2.05, 4.69) is 0 Å². The van der Waals surface area contributed by atoms with Gasteiger partial charge in [0.1, 0.15) is 0 Å². The van der Waals surface area contributed by atoms with Crippen molar-refractivity contribution in [2.24, 2.45) is 0 Å². The standard InChI is InChI=1S/C20H20N2O5S/c1-13-11-15-5-3-4-6-18(15)21(13)20(24)14(2)27-19(23)12-28-17-9-7-16(8-10-17)22(25)26/h3-10,13-14H,11-12H2,1-2H3/t13-,14-/m0/s1. The molecule has 0 unspecified atom stereocenters. The van der Waals surface area contributed by atoms with Gasteiger partial charge in [-0.1, -0.05) is 18.2 Å². The van der Waals surface area contributed by atoms with Crippen LogP contribution in [-0.2, 0) is 20.7 Å². The van der Waals surface area contributed by atoms with E-state index in [0.29, 0.717) is 4.90 Å². The van der Waals surface area contributed by atoms with Crippen molar-refractivity contribution < 1.29 is 19.2 Å². The third-order valence-electron chi connectivity index (χ3n) is 4.50. The molecule has 0 saturated carbocycles. The molecular weight excluding hydrogens is 380 g/mol. The molecule has 0 aliphatic carbocycles. The zero-order valence-corrected chi connectivity index (χ0v) is 16.3. The summed E-state index contributed by atoms with van der Waals surface area (Å²) in [5.74, 6) is -0.739. The summed E-state index contributed by atoms with van der Waals surface area (Å²) in [5, 5.41) is 10.7. The van der Waals surface area contributed by atoms with E-state index in [1.807, 2.05) is 31.2 Å². The van der Waals surface area contributed by atoms with Crippen molar-refractivity contribution in [2.75, 3.05) is 10.7 Å². The van der Waals surface area contributed by atoms with Crippen LogP contribution in [0.1, 0.15) is 19.4 Å². The number of non-ortho nitro benzene ring substituents is 1. The number of nitrogens with zero attached hydrogens (tertiary/aromatic N) is 2. The van der Waals surface area contributed by atoms with Crippen LogP contribution in [0.15, 0.2) is 53.4 Å². The first kappa shape index (κ1) is 19.9. The summed E-state index contributed by atoms with van der Waals surface area (Å²) in [6, 6.07) is 13.7. The van der Waals surface area contributed by atoms with E-state index >= 15 is 0 Å². The predicted molar refractivity (Wildman–Crippen MR) is 106 cm³/mol. The lowest BCUT2D eigenvalue weighted by atomic mass is 10.1. The highest BCUT2D eigenvalue weighted by Gasteiger charge is 2.34. The molecule has 1 amide bonds. The van der Waals surface area contributed by atoms with Gasteiger partial charge in [-0.05, 0) is 44.0 Å². The quantitative estimate of drug-likeness (QED) is 0.319. The SMILES string of the molecule is C[C@H](OC(=O)CSc1ccc([N+](=O)[O-])cc1)C(=O)N1c2ccccc2C[C@@H]1C. The monoisotopic (exact) mass is 400 g/mol. The maximum Gasteiger partial charge on any atom is 0.317 e. The van der Waals surface area contributed by atoms with Crippen molar-refractivity contribution >= 4 is 35.0 Å². The highest BCUT2D eigenvalue weighted by Crippen LogP contribution is 2.32. The van der Waals surface area contributed by atoms with E-state index < -0.39 is 17.0 Å². The smallest absolute Gasteiger partial charge is 0.317 e. The Balaban J connectivity index is 1.55. The molecule has 7 nitrogen and oxygen atoms in total. The number of esters is 1. The second kappa shape index (κ2) is 8.43. The maximum absolute atomic E-state index is 12.8. The van der Waals surface area contributed by atoms with Crippen molar-refractivity contribution in [3.05, 3.63) is 64.2 Å². The van der Waals surface area contributed by atoms with Crippen LogP contribution in [0, 0.1) is 10.1 Å². The molecule has 28 heavy (non-hydrogen) atoms. The molecule has 0 aromatic heterocycles. The minimum atomic E-state index is -0.890. The average molecular weight is 400 g/mol. The van der Waals surface area contributed by atoms with E-state index in [1.165, 1.54) is 23.9 Å². The van der Waals surface area contributed by atoms with Crippen molar-refractivity contribution in [1.82, 2.24) is 0 Å². The summed E-state index contributed by atoms with van der Waals surface area (Å²) in [4.78, 5) is 37.5. The number of para-hydroxylation sites is 1. The Hall–Kier alpha value is -2.87. The number of carbonyl (C=O) groups excluding carboxylic acids is 2. The number of rotatable bonds is 6. The lowest BCUT2D eigenvalue weighted by molar-refractivity contribution is -0.384. The lowest BCUT2D eigenvalue weighted by Gasteiger charge is -2.25. The molecule has 0 N–H and O–H groups in total. The second-order valence-electron chi connectivity index (χ2n) is 6.56. The number of hydrogen-bond acceptors (Lipinski definition) is 6. The van der Waals surface area contributed by atoms with Crippen LogP contribution >= 0.6 is 11.8 Å². The Morgan fingerprint density at radius 3 is 2.61 bits per heavy atom. The van der Waals surface area contributed by atoms with Gasteiger partial charge in [0.25, 0.3) is 11.6 Å². The number of thioether (sulfide) groups is 1. The number of ether oxygens (including phenoxy) is 1. The van der Waals surface area contributed by atoms with Gasteiger partial charge in [0.15, 0.2) is 6.10 Å². The summed E-state index contributed by atoms with van der Waals surface area (Å²) in [5.41, 5.74) is 1.96. The zero-order chi connectivity index (χ0) is 20.3. The molecule has 2 aromatic rings. The molecule has 0 spiro atoms. The summed E-state index contributed by atoms with van der Waals surface area (Å²) in [7, 11) is 0. The van der Waals surface area contributed by atoms with Gasteiger partial charge < -0.3 is 9.64 Å². The Morgan fingerprint density at radius 2 is 1.93 bits per heavy atom. The summed E-state index contributed by atoms with van der Waals surface area (Å²) in [6.45, 7) is 3.54. The van der Waals surface area contributed by atoms with E-state index in [4.69, 9.17) is 4.74 Å². The molecule has 0 radical (unpaired) electrons. The maximum atomic E-state index is 12.8. The minimum Gasteiger partial charge on any atom is -0.452 e. The average Bonchev–Trinajstić information content (AvgIpc) is 3.01. The molecule has 0 saturated heterocycles. The van der Waals surface area contributed by atoms with E-state index in [9.17, 15) is 19.7 Å². The van der Waals surface area contributed by atoms with E-state index in [0.717, 1.165) is 17.7 Å². The van der Waals surface area contributed by atoms with Crippen LogP contribution in [0.4, 0.5) is 11.4 Å². The first-order valence-corrected chi connectivity index (χ1v) is 9.83. The van der Waals surface area contributed by atoms with Crippen LogP contribution < -0.4 is 4.90 Å². The van der Waals surface area contributed by atoms with Crippen molar-refractivity contribution in [1.29, 1.82) is 0 Å². The first-order valence-electron chi connectivity index (χ1n) is 8.84. The van der Waals surface area contributed by atoms with Gasteiger partial charge in [-0.2, -0.15) is 0 Å². The number of benzene rings is 2. The van der Waals surface area contributed by atoms with Gasteiger partial charge in [-0.25, -0.2) is 0 Å². The predicted octanol–water partition coefficient (Wildman–Crippen LogP) is 3.60. The molecular formula is C20H20N2O5S. The largest absolute Gasteiger partial charge is 0.452 e. The Labute approximate surface area is 166 Å². The van der Waals surface area contributed by atoms with Gasteiger partial charge in [-0.15, -0.1) is 11.8 Å². The highest BCUT2D eigenvalue weighted by molar-refractivity contribution is 8.00. The summed E-state index contributed by atoms with van der Waals surface area (Å²) in [6.07, 6.45) is -0.114. The van der Waals surface area contributed by atoms with E-state index in [-0.39, 0.29) is 23.4 Å². The number of carbonyl (C=O) groups is 2. The number of anilines is 1. The second-order valence-corrected chi connectivity index (χ2v) is 7.61. The normalized spacial score (nSPS) is 16.4. The fourth-order valence-corrected chi connectivity index (χ4v) is 3.87. The fourth-order valence-electron chi connectivity index (χ4n) is 3.19.